The van der Waals surface area contributed by atoms with Crippen LogP contribution in [0.4, 0.5) is 14.7 Å². The number of halogens is 2. The Hall–Kier alpha value is -3.59. The molecule has 2 aliphatic heterocycles. The first-order valence-corrected chi connectivity index (χ1v) is 11.7. The molecule has 9 heteroatoms. The molecule has 1 fully saturated rings. The number of benzene rings is 2. The molecule has 3 heterocycles. The minimum Gasteiger partial charge on any atom is -0.438 e. The summed E-state index contributed by atoms with van der Waals surface area (Å²) in [5, 5.41) is 0. The minimum absolute atomic E-state index is 0.161. The highest BCUT2D eigenvalue weighted by Crippen LogP contribution is 2.32. The largest absolute Gasteiger partial charge is 0.438 e. The van der Waals surface area contributed by atoms with Crippen LogP contribution in [0.25, 0.3) is 0 Å². The van der Waals surface area contributed by atoms with Crippen molar-refractivity contribution in [3.05, 3.63) is 76.5 Å². The molecule has 0 aliphatic carbocycles. The average molecular weight is 480 g/mol. The van der Waals surface area contributed by atoms with Gasteiger partial charge < -0.3 is 19.4 Å². The molecule has 0 atom stereocenters. The van der Waals surface area contributed by atoms with Gasteiger partial charge in [-0.1, -0.05) is 17.7 Å². The van der Waals surface area contributed by atoms with E-state index in [1.807, 2.05) is 31.2 Å². The predicted octanol–water partition coefficient (Wildman–Crippen LogP) is 3.81. The van der Waals surface area contributed by atoms with Crippen LogP contribution in [0, 0.1) is 18.6 Å². The van der Waals surface area contributed by atoms with E-state index >= 15 is 0 Å². The number of aryl methyl sites for hydroxylation is 1. The lowest BCUT2D eigenvalue weighted by Crippen LogP contribution is -2.45. The van der Waals surface area contributed by atoms with E-state index in [1.54, 1.807) is 0 Å². The lowest BCUT2D eigenvalue weighted by Gasteiger charge is -2.34. The second-order valence-corrected chi connectivity index (χ2v) is 9.06. The Labute approximate surface area is 203 Å². The normalized spacial score (nSPS) is 16.2. The fourth-order valence-corrected chi connectivity index (χ4v) is 4.33. The van der Waals surface area contributed by atoms with Crippen molar-refractivity contribution in [2.45, 2.75) is 19.9 Å². The van der Waals surface area contributed by atoms with Crippen LogP contribution in [-0.2, 0) is 13.0 Å². The first-order chi connectivity index (χ1) is 16.9. The summed E-state index contributed by atoms with van der Waals surface area (Å²) in [6.45, 7) is 6.00. The molecule has 7 nitrogen and oxygen atoms in total. The highest BCUT2D eigenvalue weighted by Gasteiger charge is 2.30. The second-order valence-electron chi connectivity index (χ2n) is 9.06. The van der Waals surface area contributed by atoms with Crippen molar-refractivity contribution in [3.63, 3.8) is 0 Å². The number of likely N-dealkylation sites (N-methyl/N-ethyl adjacent to an activating group) is 1. The van der Waals surface area contributed by atoms with Crippen molar-refractivity contribution in [2.75, 3.05) is 44.7 Å². The van der Waals surface area contributed by atoms with Gasteiger partial charge in [-0.15, -0.1) is 0 Å². The first-order valence-electron chi connectivity index (χ1n) is 11.7. The monoisotopic (exact) mass is 479 g/mol. The lowest BCUT2D eigenvalue weighted by molar-refractivity contribution is 0.0727. The molecule has 0 saturated carbocycles. The summed E-state index contributed by atoms with van der Waals surface area (Å²) < 4.78 is 33.8. The zero-order chi connectivity index (χ0) is 24.5. The van der Waals surface area contributed by atoms with Crippen LogP contribution < -0.4 is 9.64 Å². The summed E-state index contributed by atoms with van der Waals surface area (Å²) in [5.74, 6) is -0.458. The Morgan fingerprint density at radius 3 is 2.43 bits per heavy atom. The summed E-state index contributed by atoms with van der Waals surface area (Å²) in [6.07, 6.45) is 0.484. The Morgan fingerprint density at radius 1 is 0.971 bits per heavy atom. The van der Waals surface area contributed by atoms with Gasteiger partial charge in [0.1, 0.15) is 17.4 Å². The first kappa shape index (κ1) is 23.2. The maximum Gasteiger partial charge on any atom is 0.257 e. The van der Waals surface area contributed by atoms with E-state index < -0.39 is 17.5 Å². The SMILES string of the molecule is Cc1ccc(Oc2nc(N3CCN(C)CC3)nc3c2CN(C(=O)c2ccc(F)cc2F)CC3)cc1. The number of piperazine rings is 1. The third-order valence-electron chi connectivity index (χ3n) is 6.48. The maximum absolute atomic E-state index is 14.3. The molecule has 0 spiro atoms. The van der Waals surface area contributed by atoms with Crippen molar-refractivity contribution < 1.29 is 18.3 Å². The van der Waals surface area contributed by atoms with E-state index in [2.05, 4.69) is 16.8 Å². The summed E-state index contributed by atoms with van der Waals surface area (Å²) in [4.78, 5) is 28.6. The quantitative estimate of drug-likeness (QED) is 0.567. The van der Waals surface area contributed by atoms with E-state index in [0.717, 1.165) is 49.6 Å². The van der Waals surface area contributed by atoms with Crippen LogP contribution in [0.5, 0.6) is 11.6 Å². The highest BCUT2D eigenvalue weighted by atomic mass is 19.1. The number of aromatic nitrogens is 2. The summed E-state index contributed by atoms with van der Waals surface area (Å²) in [7, 11) is 2.09. The van der Waals surface area contributed by atoms with Crippen molar-refractivity contribution in [3.8, 4) is 11.6 Å². The molecule has 0 N–H and O–H groups in total. The number of rotatable bonds is 4. The van der Waals surface area contributed by atoms with Gasteiger partial charge >= 0.3 is 0 Å². The Balaban J connectivity index is 1.47. The predicted molar refractivity (Wildman–Crippen MR) is 128 cm³/mol. The second kappa shape index (κ2) is 9.58. The maximum atomic E-state index is 14.3. The number of carbonyl (C=O) groups excluding carboxylic acids is 1. The van der Waals surface area contributed by atoms with Crippen LogP contribution in [0.15, 0.2) is 42.5 Å². The summed E-state index contributed by atoms with van der Waals surface area (Å²) in [5.41, 5.74) is 2.47. The smallest absolute Gasteiger partial charge is 0.257 e. The molecule has 0 unspecified atom stereocenters. The molecule has 35 heavy (non-hydrogen) atoms. The van der Waals surface area contributed by atoms with Gasteiger partial charge in [-0.25, -0.2) is 13.8 Å². The number of carbonyl (C=O) groups is 1. The van der Waals surface area contributed by atoms with Gasteiger partial charge in [-0.05, 0) is 38.2 Å². The lowest BCUT2D eigenvalue weighted by atomic mass is 10.0. The summed E-state index contributed by atoms with van der Waals surface area (Å²) in [6, 6.07) is 10.7. The molecule has 1 saturated heterocycles. The standard InChI is InChI=1S/C26H27F2N5O2/c1-17-3-6-19(7-4-17)35-24-21-16-33(25(34)20-8-5-18(27)15-22(20)28)10-9-23(21)29-26(30-24)32-13-11-31(2)12-14-32/h3-8,15H,9-14,16H2,1-2H3. The topological polar surface area (TPSA) is 61.8 Å². The molecule has 1 aromatic heterocycles. The molecule has 0 radical (unpaired) electrons. The van der Waals surface area contributed by atoms with Gasteiger partial charge in [0.15, 0.2) is 0 Å². The average Bonchev–Trinajstić information content (AvgIpc) is 2.85. The molecular formula is C26H27F2N5O2. The van der Waals surface area contributed by atoms with E-state index in [1.165, 1.54) is 11.0 Å². The van der Waals surface area contributed by atoms with Crippen LogP contribution in [-0.4, -0.2) is 65.4 Å². The third-order valence-corrected chi connectivity index (χ3v) is 6.48. The molecule has 5 rings (SSSR count). The molecule has 2 aliphatic rings. The molecular weight excluding hydrogens is 452 g/mol. The van der Waals surface area contributed by atoms with Gasteiger partial charge in [-0.3, -0.25) is 4.79 Å². The van der Waals surface area contributed by atoms with Gasteiger partial charge in [-0.2, -0.15) is 4.98 Å². The minimum atomic E-state index is -0.876. The van der Waals surface area contributed by atoms with E-state index in [0.29, 0.717) is 36.1 Å². The third kappa shape index (κ3) is 4.95. The van der Waals surface area contributed by atoms with Crippen molar-refractivity contribution in [1.29, 1.82) is 0 Å². The zero-order valence-corrected chi connectivity index (χ0v) is 19.8. The summed E-state index contributed by atoms with van der Waals surface area (Å²) >= 11 is 0. The molecule has 1 amide bonds. The Kier molecular flexibility index (Phi) is 6.34. The molecule has 182 valence electrons. The van der Waals surface area contributed by atoms with Crippen LogP contribution in [0.1, 0.15) is 27.2 Å². The number of ether oxygens (including phenoxy) is 1. The molecule has 2 aromatic carbocycles. The molecule has 0 bridgehead atoms. The van der Waals surface area contributed by atoms with Crippen molar-refractivity contribution in [1.82, 2.24) is 19.8 Å². The Morgan fingerprint density at radius 2 is 1.71 bits per heavy atom. The number of fused-ring (bicyclic) bond motifs is 1. The van der Waals surface area contributed by atoms with Crippen molar-refractivity contribution in [2.24, 2.45) is 0 Å². The van der Waals surface area contributed by atoms with Gasteiger partial charge in [0.25, 0.3) is 5.91 Å². The Bertz CT molecular complexity index is 1240. The van der Waals surface area contributed by atoms with Gasteiger partial charge in [0.05, 0.1) is 23.4 Å². The van der Waals surface area contributed by atoms with Gasteiger partial charge in [0, 0.05) is 45.2 Å². The zero-order valence-electron chi connectivity index (χ0n) is 19.8. The molecule has 3 aromatic rings. The number of hydrogen-bond donors (Lipinski definition) is 0. The van der Waals surface area contributed by atoms with Crippen LogP contribution in [0.2, 0.25) is 0 Å². The highest BCUT2D eigenvalue weighted by molar-refractivity contribution is 5.94. The fraction of sp³-hybridized carbons (Fsp3) is 0.346. The van der Waals surface area contributed by atoms with Crippen LogP contribution in [0.3, 0.4) is 0 Å². The van der Waals surface area contributed by atoms with Crippen LogP contribution >= 0.6 is 0 Å². The number of anilines is 1. The van der Waals surface area contributed by atoms with Gasteiger partial charge in [0.2, 0.25) is 11.8 Å². The van der Waals surface area contributed by atoms with E-state index in [9.17, 15) is 13.6 Å². The number of nitrogens with zero attached hydrogens (tertiary/aromatic N) is 5. The number of amides is 1. The van der Waals surface area contributed by atoms with E-state index in [4.69, 9.17) is 14.7 Å². The van der Waals surface area contributed by atoms with E-state index in [-0.39, 0.29) is 12.1 Å². The van der Waals surface area contributed by atoms with Crippen molar-refractivity contribution >= 4 is 11.9 Å². The fourth-order valence-electron chi connectivity index (χ4n) is 4.33. The number of hydrogen-bond acceptors (Lipinski definition) is 6.